The van der Waals surface area contributed by atoms with Crippen LogP contribution in [0.3, 0.4) is 0 Å². The van der Waals surface area contributed by atoms with Crippen molar-refractivity contribution in [2.45, 2.75) is 40.2 Å². The molecule has 0 aliphatic heterocycles. The molecule has 10 nitrogen and oxygen atoms in total. The van der Waals surface area contributed by atoms with Crippen LogP contribution in [-0.4, -0.2) is 82.8 Å². The summed E-state index contributed by atoms with van der Waals surface area (Å²) < 4.78 is 6.35. The number of carbonyl (C=O) groups excluding carboxylic acids is 2. The van der Waals surface area contributed by atoms with Crippen molar-refractivity contribution in [3.05, 3.63) is 99.0 Å². The highest BCUT2D eigenvalue weighted by Crippen LogP contribution is 2.08. The van der Waals surface area contributed by atoms with Crippen molar-refractivity contribution in [1.29, 1.82) is 0 Å². The van der Waals surface area contributed by atoms with E-state index >= 15 is 0 Å². The predicted octanol–water partition coefficient (Wildman–Crippen LogP) is 2.11. The maximum Gasteiger partial charge on any atom is 0.310 e. The SMILES string of the molecule is CCOC(=O)Cc1cccc(Cn2nc(C)ccc2=O)c1.Cc1ccc(C(=O)NCCCN(CCO)CCO)cc1. The Labute approximate surface area is 241 Å². The first kappa shape index (κ1) is 33.3. The first-order valence-electron chi connectivity index (χ1n) is 13.8. The summed E-state index contributed by atoms with van der Waals surface area (Å²) in [7, 11) is 0. The summed E-state index contributed by atoms with van der Waals surface area (Å²) >= 11 is 0. The molecule has 0 aliphatic rings. The maximum atomic E-state index is 11.8. The quantitative estimate of drug-likeness (QED) is 0.200. The lowest BCUT2D eigenvalue weighted by Crippen LogP contribution is -2.33. The molecular weight excluding hydrogens is 524 g/mol. The molecule has 0 spiro atoms. The van der Waals surface area contributed by atoms with Gasteiger partial charge in [-0.1, -0.05) is 42.0 Å². The summed E-state index contributed by atoms with van der Waals surface area (Å²) in [5, 5.41) is 24.8. The van der Waals surface area contributed by atoms with Gasteiger partial charge in [-0.25, -0.2) is 4.68 Å². The van der Waals surface area contributed by atoms with Gasteiger partial charge in [-0.3, -0.25) is 19.3 Å². The second-order valence-electron chi connectivity index (χ2n) is 9.54. The van der Waals surface area contributed by atoms with Crippen LogP contribution in [0.1, 0.15) is 46.1 Å². The highest BCUT2D eigenvalue weighted by molar-refractivity contribution is 5.94. The zero-order valence-electron chi connectivity index (χ0n) is 24.2. The molecule has 10 heteroatoms. The van der Waals surface area contributed by atoms with Crippen LogP contribution in [-0.2, 0) is 22.5 Å². The second kappa shape index (κ2) is 18.5. The number of rotatable bonds is 14. The summed E-state index contributed by atoms with van der Waals surface area (Å²) in [5.41, 5.74) is 4.24. The number of nitrogens with one attached hydrogen (secondary N) is 1. The van der Waals surface area contributed by atoms with Gasteiger partial charge in [-0.05, 0) is 63.1 Å². The molecule has 1 amide bonds. The summed E-state index contributed by atoms with van der Waals surface area (Å²) in [6, 6.07) is 18.2. The molecule has 0 saturated carbocycles. The molecule has 0 unspecified atom stereocenters. The van der Waals surface area contributed by atoms with Crippen LogP contribution in [0.5, 0.6) is 0 Å². The Balaban J connectivity index is 0.000000287. The van der Waals surface area contributed by atoms with Crippen molar-refractivity contribution in [3.8, 4) is 0 Å². The monoisotopic (exact) mass is 566 g/mol. The lowest BCUT2D eigenvalue weighted by atomic mass is 10.1. The van der Waals surface area contributed by atoms with Crippen LogP contribution in [0.15, 0.2) is 65.5 Å². The Bertz CT molecular complexity index is 1270. The number of aromatic nitrogens is 2. The Hall–Kier alpha value is -3.86. The minimum Gasteiger partial charge on any atom is -0.466 e. The fourth-order valence-corrected chi connectivity index (χ4v) is 3.98. The van der Waals surface area contributed by atoms with Crippen molar-refractivity contribution >= 4 is 11.9 Å². The number of aryl methyl sites for hydroxylation is 2. The Morgan fingerprint density at radius 3 is 2.29 bits per heavy atom. The van der Waals surface area contributed by atoms with Crippen molar-refractivity contribution < 1.29 is 24.5 Å². The summed E-state index contributed by atoms with van der Waals surface area (Å²) in [6.45, 7) is 8.95. The highest BCUT2D eigenvalue weighted by atomic mass is 16.5. The average molecular weight is 567 g/mol. The summed E-state index contributed by atoms with van der Waals surface area (Å²) in [5.74, 6) is -0.318. The number of nitrogens with zero attached hydrogens (tertiary/aromatic N) is 3. The van der Waals surface area contributed by atoms with Gasteiger partial charge in [-0.15, -0.1) is 0 Å². The topological polar surface area (TPSA) is 134 Å². The Kier molecular flexibility index (Phi) is 15.0. The van der Waals surface area contributed by atoms with Gasteiger partial charge in [0.15, 0.2) is 0 Å². The van der Waals surface area contributed by atoms with Crippen molar-refractivity contribution in [2.75, 3.05) is 46.0 Å². The van der Waals surface area contributed by atoms with E-state index in [1.165, 1.54) is 10.7 Å². The Morgan fingerprint density at radius 2 is 1.63 bits per heavy atom. The number of amides is 1. The molecule has 3 rings (SSSR count). The molecule has 3 N–H and O–H groups in total. The third-order valence-corrected chi connectivity index (χ3v) is 6.06. The number of hydrogen-bond donors (Lipinski definition) is 3. The first-order valence-corrected chi connectivity index (χ1v) is 13.8. The number of ether oxygens (including phenoxy) is 1. The average Bonchev–Trinajstić information content (AvgIpc) is 2.94. The van der Waals surface area contributed by atoms with Gasteiger partial charge in [0.05, 0.1) is 38.5 Å². The highest BCUT2D eigenvalue weighted by Gasteiger charge is 2.07. The molecule has 41 heavy (non-hydrogen) atoms. The van der Waals surface area contributed by atoms with E-state index in [0.29, 0.717) is 38.3 Å². The van der Waals surface area contributed by atoms with Gasteiger partial charge < -0.3 is 20.3 Å². The maximum absolute atomic E-state index is 11.8. The Morgan fingerprint density at radius 1 is 0.951 bits per heavy atom. The molecule has 0 atom stereocenters. The van der Waals surface area contributed by atoms with Gasteiger partial charge in [0.2, 0.25) is 0 Å². The van der Waals surface area contributed by atoms with Crippen molar-refractivity contribution in [1.82, 2.24) is 20.0 Å². The van der Waals surface area contributed by atoms with Gasteiger partial charge in [0.1, 0.15) is 0 Å². The van der Waals surface area contributed by atoms with Gasteiger partial charge >= 0.3 is 5.97 Å². The molecule has 0 aliphatic carbocycles. The van der Waals surface area contributed by atoms with Crippen LogP contribution < -0.4 is 10.9 Å². The summed E-state index contributed by atoms with van der Waals surface area (Å²) in [4.78, 5) is 37.1. The van der Waals surface area contributed by atoms with E-state index < -0.39 is 0 Å². The van der Waals surface area contributed by atoms with Crippen LogP contribution in [0.2, 0.25) is 0 Å². The van der Waals surface area contributed by atoms with Crippen LogP contribution in [0, 0.1) is 13.8 Å². The minimum absolute atomic E-state index is 0.0686. The van der Waals surface area contributed by atoms with E-state index in [1.807, 2.05) is 67.3 Å². The number of hydrogen-bond acceptors (Lipinski definition) is 8. The number of esters is 1. The smallest absolute Gasteiger partial charge is 0.310 e. The molecule has 0 saturated heterocycles. The number of benzene rings is 2. The molecule has 222 valence electrons. The molecule has 0 bridgehead atoms. The lowest BCUT2D eigenvalue weighted by molar-refractivity contribution is -0.142. The molecular formula is C31H42N4O6. The fraction of sp³-hybridized carbons (Fsp3) is 0.419. The number of aliphatic hydroxyl groups excluding tert-OH is 2. The van der Waals surface area contributed by atoms with E-state index in [4.69, 9.17) is 14.9 Å². The molecule has 1 aromatic heterocycles. The van der Waals surface area contributed by atoms with E-state index in [1.54, 1.807) is 13.0 Å². The zero-order chi connectivity index (χ0) is 30.0. The van der Waals surface area contributed by atoms with E-state index in [2.05, 4.69) is 10.4 Å². The van der Waals surface area contributed by atoms with E-state index in [-0.39, 0.29) is 37.1 Å². The van der Waals surface area contributed by atoms with Crippen molar-refractivity contribution in [2.24, 2.45) is 0 Å². The summed E-state index contributed by atoms with van der Waals surface area (Å²) in [6.07, 6.45) is 1.02. The lowest BCUT2D eigenvalue weighted by Gasteiger charge is -2.19. The molecule has 3 aromatic rings. The third-order valence-electron chi connectivity index (χ3n) is 6.06. The van der Waals surface area contributed by atoms with Gasteiger partial charge in [0.25, 0.3) is 11.5 Å². The molecule has 0 radical (unpaired) electrons. The van der Waals surface area contributed by atoms with Crippen molar-refractivity contribution in [3.63, 3.8) is 0 Å². The zero-order valence-corrected chi connectivity index (χ0v) is 24.2. The first-order chi connectivity index (χ1) is 19.7. The molecule has 1 heterocycles. The minimum atomic E-state index is -0.250. The molecule has 2 aromatic carbocycles. The van der Waals surface area contributed by atoms with Gasteiger partial charge in [0, 0.05) is 31.3 Å². The van der Waals surface area contributed by atoms with E-state index in [0.717, 1.165) is 35.3 Å². The van der Waals surface area contributed by atoms with E-state index in [9.17, 15) is 14.4 Å². The second-order valence-corrected chi connectivity index (χ2v) is 9.54. The van der Waals surface area contributed by atoms with Crippen LogP contribution in [0.25, 0.3) is 0 Å². The van der Waals surface area contributed by atoms with Crippen LogP contribution in [0.4, 0.5) is 0 Å². The predicted molar refractivity (Wildman–Crippen MR) is 158 cm³/mol. The number of aliphatic hydroxyl groups is 2. The standard InChI is InChI=1S/C16H18N2O3.C15H24N2O3/c1-3-21-16(20)10-13-5-4-6-14(9-13)11-18-15(19)8-7-12(2)17-18;1-13-3-5-14(6-4-13)15(20)16-7-2-8-17(9-11-18)10-12-19/h4-9H,3,10-11H2,1-2H3;3-6,18-19H,2,7-12H2,1H3,(H,16,20). The molecule has 0 fully saturated rings. The third kappa shape index (κ3) is 12.9. The normalized spacial score (nSPS) is 10.6. The largest absolute Gasteiger partial charge is 0.466 e. The number of carbonyl (C=O) groups is 2. The van der Waals surface area contributed by atoms with Gasteiger partial charge in [-0.2, -0.15) is 5.10 Å². The van der Waals surface area contributed by atoms with Crippen LogP contribution >= 0.6 is 0 Å². The fourth-order valence-electron chi connectivity index (χ4n) is 3.98.